The fraction of sp³-hybridized carbons (Fsp3) is 0.571. The number of aromatic amines is 1. The molecule has 27 heavy (non-hydrogen) atoms. The van der Waals surface area contributed by atoms with Crippen molar-refractivity contribution in [1.82, 2.24) is 19.8 Å². The van der Waals surface area contributed by atoms with E-state index >= 15 is 0 Å². The van der Waals surface area contributed by atoms with Gasteiger partial charge in [-0.1, -0.05) is 26.8 Å². The van der Waals surface area contributed by atoms with Crippen molar-refractivity contribution in [1.29, 1.82) is 0 Å². The fourth-order valence-electron chi connectivity index (χ4n) is 3.53. The zero-order valence-electron chi connectivity index (χ0n) is 16.6. The molecule has 1 aliphatic heterocycles. The molecule has 1 aromatic heterocycles. The number of carbonyl (C=O) groups is 2. The van der Waals surface area contributed by atoms with Crippen LogP contribution >= 0.6 is 0 Å². The smallest absolute Gasteiger partial charge is 0.227 e. The first-order valence-electron chi connectivity index (χ1n) is 10.0. The molecule has 2 amide bonds. The summed E-state index contributed by atoms with van der Waals surface area (Å²) in [6.45, 7) is 8.97. The molecule has 3 rings (SSSR count). The van der Waals surface area contributed by atoms with Crippen LogP contribution in [0.4, 0.5) is 0 Å². The van der Waals surface area contributed by atoms with Gasteiger partial charge in [0, 0.05) is 38.5 Å². The minimum Gasteiger partial charge on any atom is -0.342 e. The second kappa shape index (κ2) is 8.55. The highest BCUT2D eigenvalue weighted by Gasteiger charge is 2.21. The summed E-state index contributed by atoms with van der Waals surface area (Å²) in [4.78, 5) is 36.6. The van der Waals surface area contributed by atoms with Crippen molar-refractivity contribution in [2.75, 3.05) is 26.2 Å². The lowest BCUT2D eigenvalue weighted by Crippen LogP contribution is -2.37. The number of H-pyrrole nitrogens is 1. The Kier molecular flexibility index (Phi) is 6.14. The Morgan fingerprint density at radius 2 is 1.81 bits per heavy atom. The third-order valence-electron chi connectivity index (χ3n) is 5.13. The third-order valence-corrected chi connectivity index (χ3v) is 5.13. The maximum atomic E-state index is 12.8. The van der Waals surface area contributed by atoms with Crippen LogP contribution in [0.1, 0.15) is 57.3 Å². The number of benzene rings is 1. The third kappa shape index (κ3) is 4.67. The highest BCUT2D eigenvalue weighted by Crippen LogP contribution is 2.19. The van der Waals surface area contributed by atoms with E-state index in [-0.39, 0.29) is 11.8 Å². The van der Waals surface area contributed by atoms with E-state index in [1.165, 1.54) is 0 Å². The van der Waals surface area contributed by atoms with Gasteiger partial charge in [-0.15, -0.1) is 0 Å². The summed E-state index contributed by atoms with van der Waals surface area (Å²) in [7, 11) is 0. The van der Waals surface area contributed by atoms with Crippen molar-refractivity contribution in [2.24, 2.45) is 0 Å². The van der Waals surface area contributed by atoms with Crippen molar-refractivity contribution in [3.63, 3.8) is 0 Å². The van der Waals surface area contributed by atoms with E-state index < -0.39 is 0 Å². The second-order valence-electron chi connectivity index (χ2n) is 7.67. The number of imidazole rings is 1. The highest BCUT2D eigenvalue weighted by molar-refractivity contribution is 5.82. The normalized spacial score (nSPS) is 15.4. The van der Waals surface area contributed by atoms with Crippen molar-refractivity contribution in [2.45, 2.75) is 52.4 Å². The first kappa shape index (κ1) is 19.4. The highest BCUT2D eigenvalue weighted by atomic mass is 16.2. The minimum absolute atomic E-state index is 0.128. The Labute approximate surface area is 160 Å². The minimum atomic E-state index is 0.128. The van der Waals surface area contributed by atoms with Crippen LogP contribution in [0.3, 0.4) is 0 Å². The summed E-state index contributed by atoms with van der Waals surface area (Å²) in [5, 5.41) is 0. The molecule has 2 aromatic rings. The van der Waals surface area contributed by atoms with Gasteiger partial charge in [0.25, 0.3) is 0 Å². The van der Waals surface area contributed by atoms with Crippen LogP contribution in [-0.2, 0) is 16.0 Å². The number of nitrogens with one attached hydrogen (secondary N) is 1. The summed E-state index contributed by atoms with van der Waals surface area (Å²) in [6.07, 6.45) is 2.69. The molecule has 0 saturated carbocycles. The van der Waals surface area contributed by atoms with E-state index in [0.717, 1.165) is 48.4 Å². The Balaban J connectivity index is 1.63. The lowest BCUT2D eigenvalue weighted by Gasteiger charge is -2.22. The van der Waals surface area contributed by atoms with Crippen LogP contribution in [0.15, 0.2) is 18.2 Å². The first-order valence-corrected chi connectivity index (χ1v) is 10.0. The molecule has 146 valence electrons. The molecule has 6 heteroatoms. The summed E-state index contributed by atoms with van der Waals surface area (Å²) in [5.41, 5.74) is 2.92. The molecule has 0 atom stereocenters. The first-order chi connectivity index (χ1) is 13.0. The fourth-order valence-corrected chi connectivity index (χ4v) is 3.53. The van der Waals surface area contributed by atoms with Gasteiger partial charge < -0.3 is 14.8 Å². The van der Waals surface area contributed by atoms with E-state index in [1.54, 1.807) is 0 Å². The topological polar surface area (TPSA) is 69.3 Å². The molecule has 1 saturated heterocycles. The summed E-state index contributed by atoms with van der Waals surface area (Å²) >= 11 is 0. The van der Waals surface area contributed by atoms with Crippen LogP contribution in [0.25, 0.3) is 11.0 Å². The number of carbonyl (C=O) groups excluding carboxylic acids is 2. The van der Waals surface area contributed by atoms with Gasteiger partial charge in [-0.05, 0) is 30.5 Å². The number of hydrogen-bond acceptors (Lipinski definition) is 3. The van der Waals surface area contributed by atoms with Gasteiger partial charge in [0.2, 0.25) is 11.8 Å². The van der Waals surface area contributed by atoms with Crippen molar-refractivity contribution >= 4 is 22.8 Å². The van der Waals surface area contributed by atoms with E-state index in [2.05, 4.69) is 23.8 Å². The number of nitrogens with zero attached hydrogens (tertiary/aromatic N) is 3. The summed E-state index contributed by atoms with van der Waals surface area (Å²) in [6, 6.07) is 6.00. The van der Waals surface area contributed by atoms with Gasteiger partial charge in [0.15, 0.2) is 0 Å². The largest absolute Gasteiger partial charge is 0.342 e. The molecule has 0 aliphatic carbocycles. The standard InChI is InChI=1S/C21H30N4O2/c1-4-6-19(26)24-9-5-10-25(12-11-24)20(27)14-16-7-8-17-18(13-16)23-21(22-17)15(2)3/h7-8,13,15H,4-6,9-12,14H2,1-3H3,(H,22,23). The molecule has 1 fully saturated rings. The van der Waals surface area contributed by atoms with Gasteiger partial charge in [0.1, 0.15) is 5.82 Å². The van der Waals surface area contributed by atoms with E-state index in [0.29, 0.717) is 31.8 Å². The van der Waals surface area contributed by atoms with Crippen molar-refractivity contribution < 1.29 is 9.59 Å². The van der Waals surface area contributed by atoms with Crippen molar-refractivity contribution in [3.05, 3.63) is 29.6 Å². The SMILES string of the molecule is CCCC(=O)N1CCCN(C(=O)Cc2ccc3nc(C(C)C)[nH]c3c2)CC1. The van der Waals surface area contributed by atoms with Crippen LogP contribution in [0, 0.1) is 0 Å². The van der Waals surface area contributed by atoms with Crippen LogP contribution in [0.5, 0.6) is 0 Å². The number of fused-ring (bicyclic) bond motifs is 1. The van der Waals surface area contributed by atoms with Crippen LogP contribution in [-0.4, -0.2) is 57.8 Å². The quantitative estimate of drug-likeness (QED) is 0.879. The summed E-state index contributed by atoms with van der Waals surface area (Å²) in [5.74, 6) is 1.65. The van der Waals surface area contributed by atoms with Gasteiger partial charge >= 0.3 is 0 Å². The molecule has 0 radical (unpaired) electrons. The maximum absolute atomic E-state index is 12.8. The lowest BCUT2D eigenvalue weighted by atomic mass is 10.1. The zero-order chi connectivity index (χ0) is 19.4. The Hall–Kier alpha value is -2.37. The molecule has 1 aromatic carbocycles. The monoisotopic (exact) mass is 370 g/mol. The molecule has 6 nitrogen and oxygen atoms in total. The number of rotatable bonds is 5. The Morgan fingerprint density at radius 1 is 1.11 bits per heavy atom. The zero-order valence-corrected chi connectivity index (χ0v) is 16.6. The predicted octanol–water partition coefficient (Wildman–Crippen LogP) is 3.09. The molecular formula is C21H30N4O2. The van der Waals surface area contributed by atoms with E-state index in [9.17, 15) is 9.59 Å². The van der Waals surface area contributed by atoms with Gasteiger partial charge in [0.05, 0.1) is 17.5 Å². The van der Waals surface area contributed by atoms with Crippen LogP contribution in [0.2, 0.25) is 0 Å². The lowest BCUT2D eigenvalue weighted by molar-refractivity contribution is -0.133. The van der Waals surface area contributed by atoms with Crippen molar-refractivity contribution in [3.8, 4) is 0 Å². The second-order valence-corrected chi connectivity index (χ2v) is 7.67. The molecule has 0 unspecified atom stereocenters. The average Bonchev–Trinajstić information content (AvgIpc) is 2.90. The molecular weight excluding hydrogens is 340 g/mol. The van der Waals surface area contributed by atoms with Gasteiger partial charge in [-0.3, -0.25) is 9.59 Å². The van der Waals surface area contributed by atoms with E-state index in [4.69, 9.17) is 0 Å². The van der Waals surface area contributed by atoms with Gasteiger partial charge in [-0.25, -0.2) is 4.98 Å². The number of aromatic nitrogens is 2. The van der Waals surface area contributed by atoms with E-state index in [1.807, 2.05) is 34.9 Å². The van der Waals surface area contributed by atoms with Crippen LogP contribution < -0.4 is 0 Å². The summed E-state index contributed by atoms with van der Waals surface area (Å²) < 4.78 is 0. The molecule has 1 aliphatic rings. The molecule has 0 spiro atoms. The Morgan fingerprint density at radius 3 is 2.48 bits per heavy atom. The number of hydrogen-bond donors (Lipinski definition) is 1. The molecule has 2 heterocycles. The maximum Gasteiger partial charge on any atom is 0.227 e. The molecule has 0 bridgehead atoms. The predicted molar refractivity (Wildman–Crippen MR) is 107 cm³/mol. The number of amides is 2. The molecule has 1 N–H and O–H groups in total. The Bertz CT molecular complexity index is 812. The van der Waals surface area contributed by atoms with Gasteiger partial charge in [-0.2, -0.15) is 0 Å². The average molecular weight is 370 g/mol.